The number of methoxy groups -OCH3 is 1. The molecule has 26 heavy (non-hydrogen) atoms. The zero-order valence-electron chi connectivity index (χ0n) is 15.9. The standard InChI is InChI=1S/C22H27N3O/c1-21(2)17-6-5-16(26-3)9-20(17)24-19-7-4-15(8-18(19)21)10-25-13-22(14-25)11-23-12-22/h4-9,23-24H,10-14H2,1-3H3. The second kappa shape index (κ2) is 5.48. The van der Waals surface area contributed by atoms with Crippen LogP contribution in [0.4, 0.5) is 11.4 Å². The predicted molar refractivity (Wildman–Crippen MR) is 105 cm³/mol. The smallest absolute Gasteiger partial charge is 0.120 e. The number of nitrogens with one attached hydrogen (secondary N) is 2. The number of anilines is 2. The fourth-order valence-corrected chi connectivity index (χ4v) is 4.88. The second-order valence-electron chi connectivity index (χ2n) is 8.79. The molecule has 0 radical (unpaired) electrons. The number of hydrogen-bond donors (Lipinski definition) is 2. The van der Waals surface area contributed by atoms with E-state index in [1.165, 1.54) is 48.6 Å². The molecule has 3 aliphatic rings. The summed E-state index contributed by atoms with van der Waals surface area (Å²) in [4.78, 5) is 2.57. The molecule has 4 heteroatoms. The van der Waals surface area contributed by atoms with E-state index in [2.05, 4.69) is 65.8 Å². The molecule has 136 valence electrons. The Bertz CT molecular complexity index is 862. The topological polar surface area (TPSA) is 36.5 Å². The summed E-state index contributed by atoms with van der Waals surface area (Å²) in [6.07, 6.45) is 0. The molecule has 0 aromatic heterocycles. The molecule has 0 saturated carbocycles. The van der Waals surface area contributed by atoms with E-state index in [1.807, 2.05) is 0 Å². The Balaban J connectivity index is 1.42. The van der Waals surface area contributed by atoms with E-state index >= 15 is 0 Å². The Morgan fingerprint density at radius 3 is 2.50 bits per heavy atom. The van der Waals surface area contributed by atoms with Gasteiger partial charge in [-0.3, -0.25) is 4.90 Å². The summed E-state index contributed by atoms with van der Waals surface area (Å²) in [5.41, 5.74) is 7.05. The van der Waals surface area contributed by atoms with Gasteiger partial charge < -0.3 is 15.4 Å². The Labute approximate surface area is 155 Å². The number of hydrogen-bond acceptors (Lipinski definition) is 4. The van der Waals surface area contributed by atoms with Crippen molar-refractivity contribution in [3.63, 3.8) is 0 Å². The number of nitrogens with zero attached hydrogens (tertiary/aromatic N) is 1. The van der Waals surface area contributed by atoms with Crippen molar-refractivity contribution in [2.45, 2.75) is 25.8 Å². The fourth-order valence-electron chi connectivity index (χ4n) is 4.88. The lowest BCUT2D eigenvalue weighted by molar-refractivity contribution is -0.0444. The van der Waals surface area contributed by atoms with Gasteiger partial charge >= 0.3 is 0 Å². The Kier molecular flexibility index (Phi) is 3.40. The largest absolute Gasteiger partial charge is 0.497 e. The SMILES string of the molecule is COc1ccc2c(c1)Nc1ccc(CN3CC4(CNC4)C3)cc1C2(C)C. The quantitative estimate of drug-likeness (QED) is 0.889. The molecule has 0 bridgehead atoms. The molecule has 2 N–H and O–H groups in total. The van der Waals surface area contributed by atoms with Crippen molar-refractivity contribution in [3.8, 4) is 5.75 Å². The van der Waals surface area contributed by atoms with E-state index in [4.69, 9.17) is 4.74 Å². The number of rotatable bonds is 3. The van der Waals surface area contributed by atoms with Gasteiger partial charge in [0.1, 0.15) is 5.75 Å². The van der Waals surface area contributed by atoms with Gasteiger partial charge in [0.15, 0.2) is 0 Å². The summed E-state index contributed by atoms with van der Waals surface area (Å²) in [7, 11) is 1.72. The highest BCUT2D eigenvalue weighted by Crippen LogP contribution is 2.46. The van der Waals surface area contributed by atoms with E-state index in [0.29, 0.717) is 5.41 Å². The predicted octanol–water partition coefficient (Wildman–Crippen LogP) is 3.48. The number of ether oxygens (including phenoxy) is 1. The van der Waals surface area contributed by atoms with Crippen molar-refractivity contribution in [1.82, 2.24) is 10.2 Å². The molecule has 0 atom stereocenters. The minimum atomic E-state index is -0.0216. The molecule has 1 spiro atoms. The van der Waals surface area contributed by atoms with Crippen LogP contribution in [0.2, 0.25) is 0 Å². The van der Waals surface area contributed by atoms with Gasteiger partial charge in [-0.05, 0) is 28.8 Å². The lowest BCUT2D eigenvalue weighted by atomic mass is 9.73. The molecule has 3 heterocycles. The van der Waals surface area contributed by atoms with E-state index < -0.39 is 0 Å². The average Bonchev–Trinajstić information content (AvgIpc) is 2.56. The van der Waals surface area contributed by atoms with Gasteiger partial charge in [0, 0.05) is 61.0 Å². The molecular formula is C22H27N3O. The maximum Gasteiger partial charge on any atom is 0.120 e. The van der Waals surface area contributed by atoms with E-state index in [1.54, 1.807) is 7.11 Å². The molecule has 2 saturated heterocycles. The Morgan fingerprint density at radius 2 is 1.81 bits per heavy atom. The van der Waals surface area contributed by atoms with Crippen molar-refractivity contribution < 1.29 is 4.74 Å². The van der Waals surface area contributed by atoms with E-state index in [9.17, 15) is 0 Å². The third kappa shape index (κ3) is 2.36. The highest BCUT2D eigenvalue weighted by Gasteiger charge is 2.47. The lowest BCUT2D eigenvalue weighted by Crippen LogP contribution is -2.70. The van der Waals surface area contributed by atoms with Crippen LogP contribution in [0.1, 0.15) is 30.5 Å². The van der Waals surface area contributed by atoms with Crippen LogP contribution in [-0.2, 0) is 12.0 Å². The Hall–Kier alpha value is -2.04. The normalized spacial score (nSPS) is 21.8. The molecule has 2 aromatic carbocycles. The number of benzene rings is 2. The molecule has 0 unspecified atom stereocenters. The monoisotopic (exact) mass is 349 g/mol. The van der Waals surface area contributed by atoms with Gasteiger partial charge in [0.25, 0.3) is 0 Å². The van der Waals surface area contributed by atoms with Crippen molar-refractivity contribution in [2.75, 3.05) is 38.6 Å². The van der Waals surface area contributed by atoms with Crippen molar-refractivity contribution >= 4 is 11.4 Å². The Morgan fingerprint density at radius 1 is 1.00 bits per heavy atom. The van der Waals surface area contributed by atoms with Crippen LogP contribution in [0.3, 0.4) is 0 Å². The highest BCUT2D eigenvalue weighted by molar-refractivity contribution is 5.76. The fraction of sp³-hybridized carbons (Fsp3) is 0.455. The summed E-state index contributed by atoms with van der Waals surface area (Å²) >= 11 is 0. The summed E-state index contributed by atoms with van der Waals surface area (Å²) in [5, 5.41) is 7.02. The van der Waals surface area contributed by atoms with Gasteiger partial charge in [0.2, 0.25) is 0 Å². The van der Waals surface area contributed by atoms with Crippen molar-refractivity contribution in [1.29, 1.82) is 0 Å². The molecule has 0 amide bonds. The van der Waals surface area contributed by atoms with Gasteiger partial charge in [-0.1, -0.05) is 32.0 Å². The molecule has 2 fully saturated rings. The van der Waals surface area contributed by atoms with Crippen LogP contribution in [0.25, 0.3) is 0 Å². The first-order valence-electron chi connectivity index (χ1n) is 9.51. The molecule has 0 aliphatic carbocycles. The maximum atomic E-state index is 5.40. The van der Waals surface area contributed by atoms with Crippen LogP contribution in [0.15, 0.2) is 36.4 Å². The number of fused-ring (bicyclic) bond motifs is 2. The van der Waals surface area contributed by atoms with Crippen molar-refractivity contribution in [3.05, 3.63) is 53.1 Å². The number of likely N-dealkylation sites (tertiary alicyclic amines) is 1. The molecular weight excluding hydrogens is 322 g/mol. The first kappa shape index (κ1) is 16.2. The minimum absolute atomic E-state index is 0.0216. The van der Waals surface area contributed by atoms with E-state index in [0.717, 1.165) is 18.0 Å². The summed E-state index contributed by atoms with van der Waals surface area (Å²) in [6.45, 7) is 10.6. The van der Waals surface area contributed by atoms with Crippen molar-refractivity contribution in [2.24, 2.45) is 5.41 Å². The first-order valence-corrected chi connectivity index (χ1v) is 9.51. The zero-order valence-corrected chi connectivity index (χ0v) is 15.9. The lowest BCUT2D eigenvalue weighted by Gasteiger charge is -2.56. The van der Waals surface area contributed by atoms with Gasteiger partial charge in [-0.25, -0.2) is 0 Å². The van der Waals surface area contributed by atoms with Crippen LogP contribution < -0.4 is 15.4 Å². The van der Waals surface area contributed by atoms with Gasteiger partial charge in [-0.2, -0.15) is 0 Å². The minimum Gasteiger partial charge on any atom is -0.497 e. The third-order valence-electron chi connectivity index (χ3n) is 6.45. The molecule has 2 aromatic rings. The molecule has 5 rings (SSSR count). The summed E-state index contributed by atoms with van der Waals surface area (Å²) < 4.78 is 5.40. The van der Waals surface area contributed by atoms with Gasteiger partial charge in [-0.15, -0.1) is 0 Å². The van der Waals surface area contributed by atoms with Crippen LogP contribution in [-0.4, -0.2) is 38.2 Å². The van der Waals surface area contributed by atoms with Crippen LogP contribution >= 0.6 is 0 Å². The first-order chi connectivity index (χ1) is 12.5. The molecule has 4 nitrogen and oxygen atoms in total. The summed E-state index contributed by atoms with van der Waals surface area (Å²) in [6, 6.07) is 13.3. The third-order valence-corrected chi connectivity index (χ3v) is 6.45. The highest BCUT2D eigenvalue weighted by atomic mass is 16.5. The van der Waals surface area contributed by atoms with Gasteiger partial charge in [0.05, 0.1) is 7.11 Å². The second-order valence-corrected chi connectivity index (χ2v) is 8.79. The average molecular weight is 349 g/mol. The maximum absolute atomic E-state index is 5.40. The van der Waals surface area contributed by atoms with Crippen LogP contribution in [0, 0.1) is 5.41 Å². The van der Waals surface area contributed by atoms with E-state index in [-0.39, 0.29) is 5.41 Å². The molecule has 3 aliphatic heterocycles. The zero-order chi connectivity index (χ0) is 17.9. The summed E-state index contributed by atoms with van der Waals surface area (Å²) in [5.74, 6) is 0.893. The van der Waals surface area contributed by atoms with Crippen LogP contribution in [0.5, 0.6) is 5.75 Å².